The number of fused-ring (bicyclic) bond motifs is 1. The molecular formula is C35H35FN6O5. The van der Waals surface area contributed by atoms with Crippen LogP contribution in [0.3, 0.4) is 0 Å². The Bertz CT molecular complexity index is 1930. The number of rotatable bonds is 11. The Labute approximate surface area is 271 Å². The van der Waals surface area contributed by atoms with Gasteiger partial charge in [0.1, 0.15) is 5.75 Å². The molecule has 0 atom stereocenters. The molecule has 1 aliphatic rings. The molecule has 1 N–H and O–H groups in total. The Balaban J connectivity index is 1.13. The smallest absolute Gasteiger partial charge is 0.286 e. The highest BCUT2D eigenvalue weighted by atomic mass is 19.1. The topological polar surface area (TPSA) is 111 Å². The molecule has 0 unspecified atom stereocenters. The number of carbonyl (C=O) groups is 1. The van der Waals surface area contributed by atoms with E-state index in [1.54, 1.807) is 55.8 Å². The normalized spacial score (nSPS) is 13.8. The Kier molecular flexibility index (Phi) is 9.69. The number of aromatic nitrogens is 3. The molecule has 0 radical (unpaired) electrons. The predicted octanol–water partition coefficient (Wildman–Crippen LogP) is 4.99. The lowest BCUT2D eigenvalue weighted by Crippen LogP contribution is -2.44. The van der Waals surface area contributed by atoms with Crippen molar-refractivity contribution in [1.29, 1.82) is 0 Å². The number of hydrogen-bond donors (Lipinski definition) is 1. The van der Waals surface area contributed by atoms with Crippen LogP contribution < -0.4 is 25.1 Å². The van der Waals surface area contributed by atoms with Crippen molar-refractivity contribution in [2.24, 2.45) is 0 Å². The standard InChI is InChI=1S/C35H35FN6O5/c1-40-16-18-41(19-17-40)14-6-20-46-32-23-28-26(22-31(32)45-2)29(11-12-37-28)47-30-10-9-24(21-27(30)36)39-34(43)33-35(44)42(15-13-38-33)25-7-4-3-5-8-25/h3-5,7-13,15,21-23H,6,14,16-20H2,1-2H3,(H,39,43). The first kappa shape index (κ1) is 31.6. The molecule has 5 aromatic rings. The predicted molar refractivity (Wildman–Crippen MR) is 177 cm³/mol. The van der Waals surface area contributed by atoms with E-state index in [-0.39, 0.29) is 17.1 Å². The number of hydrogen-bond acceptors (Lipinski definition) is 9. The number of benzene rings is 3. The fourth-order valence-electron chi connectivity index (χ4n) is 5.36. The van der Waals surface area contributed by atoms with Crippen molar-refractivity contribution in [2.45, 2.75) is 6.42 Å². The number of methoxy groups -OCH3 is 1. The quantitative estimate of drug-likeness (QED) is 0.200. The van der Waals surface area contributed by atoms with Crippen LogP contribution in [0.4, 0.5) is 10.1 Å². The largest absolute Gasteiger partial charge is 0.493 e. The van der Waals surface area contributed by atoms with Crippen LogP contribution in [-0.4, -0.2) is 83.7 Å². The summed E-state index contributed by atoms with van der Waals surface area (Å²) in [4.78, 5) is 39.1. The minimum absolute atomic E-state index is 0.0667. The van der Waals surface area contributed by atoms with E-state index in [2.05, 4.69) is 32.1 Å². The second kappa shape index (κ2) is 14.4. The van der Waals surface area contributed by atoms with Gasteiger partial charge in [-0.05, 0) is 49.9 Å². The minimum atomic E-state index is -0.766. The number of para-hydroxylation sites is 1. The number of halogens is 1. The fraction of sp³-hybridized carbons (Fsp3) is 0.257. The maximum atomic E-state index is 15.3. The number of nitrogens with one attached hydrogen (secondary N) is 1. The highest BCUT2D eigenvalue weighted by molar-refractivity contribution is 6.02. The Hall–Kier alpha value is -5.33. The monoisotopic (exact) mass is 638 g/mol. The average molecular weight is 639 g/mol. The van der Waals surface area contributed by atoms with Crippen molar-refractivity contribution in [3.05, 3.63) is 107 Å². The van der Waals surface area contributed by atoms with Crippen molar-refractivity contribution in [1.82, 2.24) is 24.3 Å². The second-order valence-corrected chi connectivity index (χ2v) is 11.2. The number of amides is 1. The molecule has 0 spiro atoms. The fourth-order valence-corrected chi connectivity index (χ4v) is 5.36. The lowest BCUT2D eigenvalue weighted by Gasteiger charge is -2.32. The molecule has 6 rings (SSSR count). The van der Waals surface area contributed by atoms with E-state index in [4.69, 9.17) is 14.2 Å². The van der Waals surface area contributed by atoms with E-state index in [1.165, 1.54) is 29.1 Å². The first-order valence-electron chi connectivity index (χ1n) is 15.3. The van der Waals surface area contributed by atoms with Crippen LogP contribution in [0.5, 0.6) is 23.0 Å². The zero-order valence-electron chi connectivity index (χ0n) is 26.2. The van der Waals surface area contributed by atoms with E-state index in [0.29, 0.717) is 40.4 Å². The molecule has 0 bridgehead atoms. The molecule has 242 valence electrons. The van der Waals surface area contributed by atoms with Gasteiger partial charge in [-0.2, -0.15) is 0 Å². The molecule has 47 heavy (non-hydrogen) atoms. The van der Waals surface area contributed by atoms with E-state index < -0.39 is 17.3 Å². The number of carbonyl (C=O) groups excluding carboxylic acids is 1. The summed E-state index contributed by atoms with van der Waals surface area (Å²) >= 11 is 0. The van der Waals surface area contributed by atoms with E-state index >= 15 is 4.39 Å². The molecule has 2 aromatic heterocycles. The second-order valence-electron chi connectivity index (χ2n) is 11.2. The molecule has 11 nitrogen and oxygen atoms in total. The van der Waals surface area contributed by atoms with Gasteiger partial charge in [0.2, 0.25) is 0 Å². The van der Waals surface area contributed by atoms with Gasteiger partial charge in [-0.3, -0.25) is 19.1 Å². The molecule has 1 aliphatic heterocycles. The maximum Gasteiger partial charge on any atom is 0.286 e. The summed E-state index contributed by atoms with van der Waals surface area (Å²) in [7, 11) is 3.70. The van der Waals surface area contributed by atoms with Gasteiger partial charge in [-0.1, -0.05) is 18.2 Å². The molecule has 1 amide bonds. The van der Waals surface area contributed by atoms with Gasteiger partial charge in [0.05, 0.1) is 19.2 Å². The molecule has 12 heteroatoms. The van der Waals surface area contributed by atoms with Gasteiger partial charge in [0, 0.05) is 80.2 Å². The third-order valence-electron chi connectivity index (χ3n) is 7.96. The number of pyridine rings is 1. The summed E-state index contributed by atoms with van der Waals surface area (Å²) in [6.07, 6.45) is 5.29. The van der Waals surface area contributed by atoms with Crippen molar-refractivity contribution >= 4 is 22.5 Å². The number of nitrogens with zero attached hydrogens (tertiary/aromatic N) is 5. The van der Waals surface area contributed by atoms with Gasteiger partial charge >= 0.3 is 0 Å². The summed E-state index contributed by atoms with van der Waals surface area (Å²) in [5.41, 5.74) is 0.386. The van der Waals surface area contributed by atoms with Gasteiger partial charge in [0.25, 0.3) is 11.5 Å². The van der Waals surface area contributed by atoms with Crippen LogP contribution in [0, 0.1) is 5.82 Å². The van der Waals surface area contributed by atoms with Crippen molar-refractivity contribution in [2.75, 3.05) is 58.8 Å². The summed E-state index contributed by atoms with van der Waals surface area (Å²) in [6.45, 7) is 5.76. The lowest BCUT2D eigenvalue weighted by molar-refractivity contribution is 0.102. The van der Waals surface area contributed by atoms with E-state index in [9.17, 15) is 9.59 Å². The number of likely N-dealkylation sites (N-methyl/N-ethyl adjacent to an activating group) is 1. The molecule has 3 heterocycles. The molecule has 1 fully saturated rings. The first-order chi connectivity index (χ1) is 22.9. The third-order valence-corrected chi connectivity index (χ3v) is 7.96. The number of ether oxygens (including phenoxy) is 3. The molecule has 1 saturated heterocycles. The van der Waals surface area contributed by atoms with Crippen molar-refractivity contribution in [3.63, 3.8) is 0 Å². The summed E-state index contributed by atoms with van der Waals surface area (Å²) < 4.78 is 34.2. The van der Waals surface area contributed by atoms with Crippen LogP contribution >= 0.6 is 0 Å². The summed E-state index contributed by atoms with van der Waals surface area (Å²) in [5, 5.41) is 3.15. The van der Waals surface area contributed by atoms with Crippen molar-refractivity contribution < 1.29 is 23.4 Å². The summed E-state index contributed by atoms with van der Waals surface area (Å²) in [6, 6.07) is 18.0. The van der Waals surface area contributed by atoms with Gasteiger partial charge < -0.3 is 29.3 Å². The highest BCUT2D eigenvalue weighted by Gasteiger charge is 2.18. The van der Waals surface area contributed by atoms with Crippen molar-refractivity contribution in [3.8, 4) is 28.7 Å². The number of piperazine rings is 1. The molecule has 3 aromatic carbocycles. The van der Waals surface area contributed by atoms with Gasteiger partial charge in [-0.15, -0.1) is 0 Å². The zero-order chi connectivity index (χ0) is 32.8. The third kappa shape index (κ3) is 7.40. The summed E-state index contributed by atoms with van der Waals surface area (Å²) in [5.74, 6) is -0.115. The Morgan fingerprint density at radius 1 is 0.915 bits per heavy atom. The van der Waals surface area contributed by atoms with Gasteiger partial charge in [-0.25, -0.2) is 9.37 Å². The maximum absolute atomic E-state index is 15.3. The Morgan fingerprint density at radius 3 is 2.49 bits per heavy atom. The minimum Gasteiger partial charge on any atom is -0.493 e. The van der Waals surface area contributed by atoms with Crippen LogP contribution in [0.15, 0.2) is 90.1 Å². The zero-order valence-corrected chi connectivity index (χ0v) is 26.2. The van der Waals surface area contributed by atoms with Crippen LogP contribution in [0.2, 0.25) is 0 Å². The Morgan fingerprint density at radius 2 is 1.72 bits per heavy atom. The van der Waals surface area contributed by atoms with Crippen LogP contribution in [-0.2, 0) is 0 Å². The van der Waals surface area contributed by atoms with E-state index in [0.717, 1.165) is 45.2 Å². The number of anilines is 1. The SMILES string of the molecule is COc1cc2c(Oc3ccc(NC(=O)c4nccn(-c5ccccc5)c4=O)cc3F)ccnc2cc1OCCCN1CCN(C)CC1. The average Bonchev–Trinajstić information content (AvgIpc) is 3.09. The van der Waals surface area contributed by atoms with Crippen LogP contribution in [0.25, 0.3) is 16.6 Å². The van der Waals surface area contributed by atoms with E-state index in [1.807, 2.05) is 6.07 Å². The molecule has 0 aliphatic carbocycles. The first-order valence-corrected chi connectivity index (χ1v) is 15.3. The van der Waals surface area contributed by atoms with Gasteiger partial charge in [0.15, 0.2) is 28.8 Å². The molecular weight excluding hydrogens is 603 g/mol. The van der Waals surface area contributed by atoms with Crippen LogP contribution in [0.1, 0.15) is 16.9 Å². The lowest BCUT2D eigenvalue weighted by atomic mass is 10.1. The highest BCUT2D eigenvalue weighted by Crippen LogP contribution is 2.38. The molecule has 0 saturated carbocycles.